The summed E-state index contributed by atoms with van der Waals surface area (Å²) in [4.78, 5) is 0. The lowest BCUT2D eigenvalue weighted by atomic mass is 10.6. The van der Waals surface area contributed by atoms with Crippen molar-refractivity contribution < 1.29 is 0 Å². The van der Waals surface area contributed by atoms with Crippen molar-refractivity contribution in [2.24, 2.45) is 5.10 Å². The normalized spacial score (nSPS) is 18.2. The fourth-order valence-electron chi connectivity index (χ4n) is 0.615. The van der Waals surface area contributed by atoms with Crippen molar-refractivity contribution in [2.75, 3.05) is 6.54 Å². The van der Waals surface area contributed by atoms with E-state index in [9.17, 15) is 0 Å². The lowest BCUT2D eigenvalue weighted by Gasteiger charge is -2.12. The Hall–Kier alpha value is -0.770. The number of hydrogen-bond donors (Lipinski definition) is 2. The van der Waals surface area contributed by atoms with Crippen LogP contribution in [0.25, 0.3) is 0 Å². The zero-order chi connectivity index (χ0) is 5.98. The standard InChI is InChI=1S/C4H10N4/c1-3-8-4(2)5-6-7-8/h6-7H,3H2,1-2H3. The first-order valence-electron chi connectivity index (χ1n) is 2.67. The highest BCUT2D eigenvalue weighted by Crippen LogP contribution is 1.88. The molecule has 1 aliphatic heterocycles. The van der Waals surface area contributed by atoms with Crippen LogP contribution in [0.2, 0.25) is 0 Å². The number of rotatable bonds is 1. The zero-order valence-electron chi connectivity index (χ0n) is 5.10. The summed E-state index contributed by atoms with van der Waals surface area (Å²) in [5.41, 5.74) is 5.47. The van der Waals surface area contributed by atoms with Gasteiger partial charge in [-0.25, -0.2) is 5.53 Å². The molecule has 0 saturated heterocycles. The maximum absolute atomic E-state index is 3.87. The molecule has 0 aliphatic carbocycles. The average Bonchev–Trinajstić information content (AvgIpc) is 2.14. The highest BCUT2D eigenvalue weighted by Gasteiger charge is 2.06. The summed E-state index contributed by atoms with van der Waals surface area (Å²) in [5.74, 6) is 0.979. The largest absolute Gasteiger partial charge is 0.276 e. The molecule has 46 valence electrons. The summed E-state index contributed by atoms with van der Waals surface area (Å²) in [5, 5.41) is 5.79. The molecule has 2 N–H and O–H groups in total. The van der Waals surface area contributed by atoms with Crippen molar-refractivity contribution >= 4 is 5.84 Å². The van der Waals surface area contributed by atoms with Gasteiger partial charge in [-0.1, -0.05) is 0 Å². The molecule has 1 heterocycles. The van der Waals surface area contributed by atoms with E-state index in [0.717, 1.165) is 12.4 Å². The van der Waals surface area contributed by atoms with Crippen molar-refractivity contribution in [3.8, 4) is 0 Å². The molecule has 1 rings (SSSR count). The maximum atomic E-state index is 3.87. The Morgan fingerprint density at radius 1 is 1.75 bits per heavy atom. The highest BCUT2D eigenvalue weighted by atomic mass is 15.8. The zero-order valence-corrected chi connectivity index (χ0v) is 5.10. The summed E-state index contributed by atoms with van der Waals surface area (Å²) in [7, 11) is 0. The molecule has 0 aromatic heterocycles. The van der Waals surface area contributed by atoms with Crippen LogP contribution in [0.3, 0.4) is 0 Å². The van der Waals surface area contributed by atoms with Crippen LogP contribution in [0.5, 0.6) is 0 Å². The number of amidine groups is 1. The van der Waals surface area contributed by atoms with Gasteiger partial charge in [-0.2, -0.15) is 0 Å². The molecule has 0 atom stereocenters. The Balaban J connectivity index is 2.46. The van der Waals surface area contributed by atoms with Gasteiger partial charge in [0.15, 0.2) is 0 Å². The van der Waals surface area contributed by atoms with Gasteiger partial charge in [0, 0.05) is 6.54 Å². The minimum atomic E-state index is 0.933. The van der Waals surface area contributed by atoms with Gasteiger partial charge < -0.3 is 0 Å². The minimum Gasteiger partial charge on any atom is -0.276 e. The lowest BCUT2D eigenvalue weighted by molar-refractivity contribution is 0.307. The topological polar surface area (TPSA) is 39.7 Å². The van der Waals surface area contributed by atoms with Crippen LogP contribution < -0.4 is 11.1 Å². The first kappa shape index (κ1) is 5.37. The van der Waals surface area contributed by atoms with Crippen molar-refractivity contribution in [3.63, 3.8) is 0 Å². The third kappa shape index (κ3) is 0.742. The molecule has 0 radical (unpaired) electrons. The van der Waals surface area contributed by atoms with E-state index < -0.39 is 0 Å². The van der Waals surface area contributed by atoms with Crippen LogP contribution in [0, 0.1) is 0 Å². The van der Waals surface area contributed by atoms with Crippen LogP contribution >= 0.6 is 0 Å². The van der Waals surface area contributed by atoms with E-state index in [2.05, 4.69) is 23.1 Å². The van der Waals surface area contributed by atoms with Gasteiger partial charge in [-0.05, 0) is 13.8 Å². The van der Waals surface area contributed by atoms with Crippen LogP contribution in [0.4, 0.5) is 0 Å². The van der Waals surface area contributed by atoms with E-state index in [-0.39, 0.29) is 0 Å². The quantitative estimate of drug-likeness (QED) is 0.490. The summed E-state index contributed by atoms with van der Waals surface area (Å²) in [6.45, 7) is 4.93. The van der Waals surface area contributed by atoms with Gasteiger partial charge in [-0.3, -0.25) is 5.01 Å². The number of hydrazine groups is 2. The molecule has 0 spiro atoms. The molecular formula is C4H10N4. The third-order valence-electron chi connectivity index (χ3n) is 1.11. The monoisotopic (exact) mass is 114 g/mol. The second-order valence-electron chi connectivity index (χ2n) is 1.63. The van der Waals surface area contributed by atoms with Crippen molar-refractivity contribution in [3.05, 3.63) is 0 Å². The molecule has 4 nitrogen and oxygen atoms in total. The average molecular weight is 114 g/mol. The molecule has 4 heteroatoms. The summed E-state index contributed by atoms with van der Waals surface area (Å²) in [6.07, 6.45) is 0. The van der Waals surface area contributed by atoms with E-state index in [1.54, 1.807) is 0 Å². The molecule has 0 unspecified atom stereocenters. The van der Waals surface area contributed by atoms with Crippen molar-refractivity contribution in [1.82, 2.24) is 16.1 Å². The Labute approximate surface area is 48.5 Å². The van der Waals surface area contributed by atoms with Gasteiger partial charge in [0.2, 0.25) is 0 Å². The second-order valence-corrected chi connectivity index (χ2v) is 1.63. The summed E-state index contributed by atoms with van der Waals surface area (Å²) >= 11 is 0. The molecule has 0 amide bonds. The SMILES string of the molecule is CCN1NNN=C1C. The van der Waals surface area contributed by atoms with Gasteiger partial charge >= 0.3 is 0 Å². The third-order valence-corrected chi connectivity index (χ3v) is 1.11. The molecule has 0 saturated carbocycles. The fraction of sp³-hybridized carbons (Fsp3) is 0.750. The smallest absolute Gasteiger partial charge is 0.138 e. The maximum Gasteiger partial charge on any atom is 0.138 e. The van der Waals surface area contributed by atoms with Gasteiger partial charge in [0.1, 0.15) is 5.84 Å². The Morgan fingerprint density at radius 2 is 2.50 bits per heavy atom. The van der Waals surface area contributed by atoms with E-state index in [1.807, 2.05) is 11.9 Å². The summed E-state index contributed by atoms with van der Waals surface area (Å²) in [6, 6.07) is 0. The first-order chi connectivity index (χ1) is 3.84. The van der Waals surface area contributed by atoms with Crippen molar-refractivity contribution in [1.29, 1.82) is 0 Å². The second kappa shape index (κ2) is 2.00. The molecule has 1 aliphatic rings. The Morgan fingerprint density at radius 3 is 2.75 bits per heavy atom. The van der Waals surface area contributed by atoms with Gasteiger partial charge in [0.05, 0.1) is 0 Å². The van der Waals surface area contributed by atoms with E-state index in [4.69, 9.17) is 0 Å². The number of nitrogens with zero attached hydrogens (tertiary/aromatic N) is 2. The molecule has 0 aromatic rings. The van der Waals surface area contributed by atoms with Gasteiger partial charge in [0.25, 0.3) is 0 Å². The predicted molar refractivity (Wildman–Crippen MR) is 31.8 cm³/mol. The van der Waals surface area contributed by atoms with Crippen LogP contribution in [0.15, 0.2) is 5.10 Å². The van der Waals surface area contributed by atoms with E-state index in [0.29, 0.717) is 0 Å². The van der Waals surface area contributed by atoms with Crippen LogP contribution in [-0.2, 0) is 0 Å². The number of hydrazone groups is 1. The molecule has 8 heavy (non-hydrogen) atoms. The fourth-order valence-corrected chi connectivity index (χ4v) is 0.615. The molecule has 0 fully saturated rings. The Bertz CT molecular complexity index is 109. The van der Waals surface area contributed by atoms with Crippen molar-refractivity contribution in [2.45, 2.75) is 13.8 Å². The molecule has 0 bridgehead atoms. The minimum absolute atomic E-state index is 0.933. The number of hydrogen-bond acceptors (Lipinski definition) is 4. The molecular weight excluding hydrogens is 104 g/mol. The lowest BCUT2D eigenvalue weighted by Crippen LogP contribution is -2.39. The summed E-state index contributed by atoms with van der Waals surface area (Å²) < 4.78 is 0. The highest BCUT2D eigenvalue weighted by molar-refractivity contribution is 5.79. The predicted octanol–water partition coefficient (Wildman–Crippen LogP) is -0.336. The molecule has 0 aromatic carbocycles. The number of nitrogens with one attached hydrogen (secondary N) is 2. The first-order valence-corrected chi connectivity index (χ1v) is 2.67. The van der Waals surface area contributed by atoms with Crippen LogP contribution in [-0.4, -0.2) is 17.4 Å². The van der Waals surface area contributed by atoms with E-state index in [1.165, 1.54) is 0 Å². The van der Waals surface area contributed by atoms with Gasteiger partial charge in [-0.15, -0.1) is 10.6 Å². The van der Waals surface area contributed by atoms with E-state index >= 15 is 0 Å². The Kier molecular flexibility index (Phi) is 1.34. The van der Waals surface area contributed by atoms with Crippen LogP contribution in [0.1, 0.15) is 13.8 Å².